The van der Waals surface area contributed by atoms with Gasteiger partial charge in [0.05, 0.1) is 7.11 Å². The van der Waals surface area contributed by atoms with Crippen molar-refractivity contribution in [2.75, 3.05) is 7.11 Å². The number of hydrogen-bond acceptors (Lipinski definition) is 2. The number of carboxylic acid groups (broad SMARTS) is 1. The minimum absolute atomic E-state index is 0.177. The van der Waals surface area contributed by atoms with Crippen LogP contribution >= 0.6 is 0 Å². The Hall–Kier alpha value is -2.29. The summed E-state index contributed by atoms with van der Waals surface area (Å²) in [6, 6.07) is 11.2. The average molecular weight is 256 g/mol. The molecule has 0 aliphatic carbocycles. The molecule has 98 valence electrons. The molecule has 0 fully saturated rings. The molecule has 2 rings (SSSR count). The number of carboxylic acids is 1. The number of methoxy groups -OCH3 is 1. The maximum Gasteiger partial charge on any atom is 0.339 e. The van der Waals surface area contributed by atoms with Crippen LogP contribution in [0.4, 0.5) is 0 Å². The predicted molar refractivity (Wildman–Crippen MR) is 74.9 cm³/mol. The lowest BCUT2D eigenvalue weighted by Gasteiger charge is -2.11. The highest BCUT2D eigenvalue weighted by atomic mass is 16.5. The largest absolute Gasteiger partial charge is 0.496 e. The van der Waals surface area contributed by atoms with E-state index in [9.17, 15) is 4.79 Å². The van der Waals surface area contributed by atoms with Gasteiger partial charge in [0, 0.05) is 0 Å². The molecular formula is C16H16O3. The summed E-state index contributed by atoms with van der Waals surface area (Å²) in [5.41, 5.74) is 4.63. The van der Waals surface area contributed by atoms with E-state index in [0.717, 1.165) is 11.1 Å². The maximum atomic E-state index is 11.1. The predicted octanol–water partition coefficient (Wildman–Crippen LogP) is 3.68. The first-order chi connectivity index (χ1) is 9.04. The summed E-state index contributed by atoms with van der Waals surface area (Å²) in [6.07, 6.45) is 0. The Morgan fingerprint density at radius 1 is 1.16 bits per heavy atom. The van der Waals surface area contributed by atoms with Gasteiger partial charge in [-0.1, -0.05) is 24.3 Å². The number of rotatable bonds is 3. The molecule has 0 unspecified atom stereocenters. The van der Waals surface area contributed by atoms with E-state index < -0.39 is 5.97 Å². The number of hydrogen-bond donors (Lipinski definition) is 1. The van der Waals surface area contributed by atoms with E-state index in [-0.39, 0.29) is 5.56 Å². The van der Waals surface area contributed by atoms with E-state index in [1.54, 1.807) is 12.1 Å². The van der Waals surface area contributed by atoms with Gasteiger partial charge in [0.15, 0.2) is 0 Å². The van der Waals surface area contributed by atoms with Crippen LogP contribution in [0.5, 0.6) is 5.75 Å². The zero-order valence-electron chi connectivity index (χ0n) is 11.2. The van der Waals surface area contributed by atoms with E-state index in [4.69, 9.17) is 9.84 Å². The molecule has 0 amide bonds. The zero-order valence-corrected chi connectivity index (χ0v) is 11.2. The number of carbonyl (C=O) groups is 1. The normalized spacial score (nSPS) is 10.3. The highest BCUT2D eigenvalue weighted by Crippen LogP contribution is 2.30. The summed E-state index contributed by atoms with van der Waals surface area (Å²) in [4.78, 5) is 11.1. The van der Waals surface area contributed by atoms with Crippen molar-refractivity contribution in [2.24, 2.45) is 0 Å². The van der Waals surface area contributed by atoms with Crippen LogP contribution in [-0.4, -0.2) is 18.2 Å². The molecule has 0 radical (unpaired) electrons. The zero-order chi connectivity index (χ0) is 14.0. The van der Waals surface area contributed by atoms with Gasteiger partial charge in [-0.25, -0.2) is 4.79 Å². The van der Waals surface area contributed by atoms with Gasteiger partial charge in [-0.15, -0.1) is 0 Å². The number of aryl methyl sites for hydroxylation is 1. The lowest BCUT2D eigenvalue weighted by atomic mass is 9.96. The van der Waals surface area contributed by atoms with E-state index in [1.165, 1.54) is 18.2 Å². The smallest absolute Gasteiger partial charge is 0.339 e. The fourth-order valence-corrected chi connectivity index (χ4v) is 2.10. The van der Waals surface area contributed by atoms with Crippen molar-refractivity contribution >= 4 is 5.97 Å². The van der Waals surface area contributed by atoms with E-state index in [2.05, 4.69) is 19.9 Å². The summed E-state index contributed by atoms with van der Waals surface area (Å²) < 4.78 is 5.16. The Morgan fingerprint density at radius 2 is 1.89 bits per heavy atom. The fraction of sp³-hybridized carbons (Fsp3) is 0.188. The van der Waals surface area contributed by atoms with Crippen LogP contribution in [0.2, 0.25) is 0 Å². The summed E-state index contributed by atoms with van der Waals surface area (Å²) in [5, 5.41) is 9.08. The third-order valence-electron chi connectivity index (χ3n) is 3.35. The van der Waals surface area contributed by atoms with Crippen molar-refractivity contribution in [2.45, 2.75) is 13.8 Å². The first-order valence-corrected chi connectivity index (χ1v) is 6.02. The average Bonchev–Trinajstić information content (AvgIpc) is 2.41. The molecule has 0 saturated carbocycles. The molecule has 2 aromatic carbocycles. The van der Waals surface area contributed by atoms with Gasteiger partial charge in [0.25, 0.3) is 0 Å². The SMILES string of the molecule is COc1cc(-c2cccc(C)c2C)ccc1C(=O)O. The van der Waals surface area contributed by atoms with Gasteiger partial charge < -0.3 is 9.84 Å². The first kappa shape index (κ1) is 13.1. The summed E-state index contributed by atoms with van der Waals surface area (Å²) in [6.45, 7) is 4.12. The molecule has 0 atom stereocenters. The Morgan fingerprint density at radius 3 is 2.53 bits per heavy atom. The van der Waals surface area contributed by atoms with Crippen molar-refractivity contribution in [1.82, 2.24) is 0 Å². The van der Waals surface area contributed by atoms with Crippen molar-refractivity contribution < 1.29 is 14.6 Å². The van der Waals surface area contributed by atoms with Crippen LogP contribution < -0.4 is 4.74 Å². The van der Waals surface area contributed by atoms with Gasteiger partial charge in [0.1, 0.15) is 11.3 Å². The lowest BCUT2D eigenvalue weighted by molar-refractivity contribution is 0.0693. The Balaban J connectivity index is 2.58. The van der Waals surface area contributed by atoms with Gasteiger partial charge in [0.2, 0.25) is 0 Å². The monoisotopic (exact) mass is 256 g/mol. The van der Waals surface area contributed by atoms with Gasteiger partial charge in [-0.2, -0.15) is 0 Å². The topological polar surface area (TPSA) is 46.5 Å². The van der Waals surface area contributed by atoms with Crippen LogP contribution in [0.3, 0.4) is 0 Å². The number of benzene rings is 2. The lowest BCUT2D eigenvalue weighted by Crippen LogP contribution is -2.00. The van der Waals surface area contributed by atoms with Gasteiger partial charge in [-0.3, -0.25) is 0 Å². The molecule has 0 heterocycles. The Bertz CT molecular complexity index is 630. The Labute approximate surface area is 112 Å². The Kier molecular flexibility index (Phi) is 3.56. The second-order valence-electron chi connectivity index (χ2n) is 4.47. The van der Waals surface area contributed by atoms with E-state index in [0.29, 0.717) is 5.75 Å². The van der Waals surface area contributed by atoms with Crippen LogP contribution in [0.15, 0.2) is 36.4 Å². The van der Waals surface area contributed by atoms with E-state index in [1.807, 2.05) is 18.2 Å². The molecule has 1 N–H and O–H groups in total. The van der Waals surface area contributed by atoms with Crippen LogP contribution in [0.25, 0.3) is 11.1 Å². The maximum absolute atomic E-state index is 11.1. The third kappa shape index (κ3) is 2.45. The van der Waals surface area contributed by atoms with Crippen LogP contribution in [0.1, 0.15) is 21.5 Å². The molecule has 3 nitrogen and oxygen atoms in total. The fourth-order valence-electron chi connectivity index (χ4n) is 2.10. The molecular weight excluding hydrogens is 240 g/mol. The number of ether oxygens (including phenoxy) is 1. The molecule has 2 aromatic rings. The quantitative estimate of drug-likeness (QED) is 0.911. The van der Waals surface area contributed by atoms with Gasteiger partial charge >= 0.3 is 5.97 Å². The second-order valence-corrected chi connectivity index (χ2v) is 4.47. The molecule has 0 aliphatic rings. The highest BCUT2D eigenvalue weighted by Gasteiger charge is 2.13. The van der Waals surface area contributed by atoms with Crippen LogP contribution in [0, 0.1) is 13.8 Å². The molecule has 0 aromatic heterocycles. The molecule has 0 aliphatic heterocycles. The minimum atomic E-state index is -0.982. The molecule has 0 saturated heterocycles. The van der Waals surface area contributed by atoms with Gasteiger partial charge in [-0.05, 0) is 48.2 Å². The van der Waals surface area contributed by atoms with E-state index >= 15 is 0 Å². The highest BCUT2D eigenvalue weighted by molar-refractivity contribution is 5.92. The summed E-state index contributed by atoms with van der Waals surface area (Å²) >= 11 is 0. The molecule has 3 heteroatoms. The van der Waals surface area contributed by atoms with Crippen LogP contribution in [-0.2, 0) is 0 Å². The van der Waals surface area contributed by atoms with Crippen molar-refractivity contribution in [3.05, 3.63) is 53.1 Å². The molecule has 0 spiro atoms. The standard InChI is InChI=1S/C16H16O3/c1-10-5-4-6-13(11(10)2)12-7-8-14(16(17)18)15(9-12)19-3/h4-9H,1-3H3,(H,17,18). The summed E-state index contributed by atoms with van der Waals surface area (Å²) in [7, 11) is 1.48. The van der Waals surface area contributed by atoms with Crippen molar-refractivity contribution in [3.8, 4) is 16.9 Å². The number of aromatic carboxylic acids is 1. The summed E-state index contributed by atoms with van der Waals surface area (Å²) in [5.74, 6) is -0.602. The second kappa shape index (κ2) is 5.14. The third-order valence-corrected chi connectivity index (χ3v) is 3.35. The first-order valence-electron chi connectivity index (χ1n) is 6.02. The van der Waals surface area contributed by atoms with Crippen molar-refractivity contribution in [3.63, 3.8) is 0 Å². The minimum Gasteiger partial charge on any atom is -0.496 e. The molecule has 0 bridgehead atoms. The molecule has 19 heavy (non-hydrogen) atoms. The van der Waals surface area contributed by atoms with Crippen molar-refractivity contribution in [1.29, 1.82) is 0 Å².